The first-order chi connectivity index (χ1) is 11.3. The highest BCUT2D eigenvalue weighted by Gasteiger charge is 2.30. The summed E-state index contributed by atoms with van der Waals surface area (Å²) in [6, 6.07) is 9.04. The number of nitrogens with two attached hydrogens (primary N) is 1. The highest BCUT2D eigenvalue weighted by atomic mass is 32.2. The van der Waals surface area contributed by atoms with Crippen molar-refractivity contribution >= 4 is 15.8 Å². The lowest BCUT2D eigenvalue weighted by molar-refractivity contribution is -0.0178. The van der Waals surface area contributed by atoms with E-state index in [1.54, 1.807) is 12.1 Å². The van der Waals surface area contributed by atoms with E-state index in [-0.39, 0.29) is 22.9 Å². The van der Waals surface area contributed by atoms with E-state index in [0.29, 0.717) is 18.9 Å². The quantitative estimate of drug-likeness (QED) is 0.912. The van der Waals surface area contributed by atoms with Crippen LogP contribution < -0.4 is 10.0 Å². The molecule has 1 aliphatic heterocycles. The van der Waals surface area contributed by atoms with Crippen molar-refractivity contribution in [3.63, 3.8) is 0 Å². The molecule has 1 fully saturated rings. The number of benzene rings is 1. The number of ether oxygens (including phenoxy) is 1. The van der Waals surface area contributed by atoms with Crippen LogP contribution in [0.5, 0.6) is 0 Å². The molecule has 2 heterocycles. The van der Waals surface area contributed by atoms with Gasteiger partial charge in [0.2, 0.25) is 10.0 Å². The van der Waals surface area contributed by atoms with Crippen LogP contribution in [0.25, 0.3) is 0 Å². The molecule has 2 aromatic rings. The van der Waals surface area contributed by atoms with Crippen molar-refractivity contribution in [2.45, 2.75) is 24.0 Å². The number of rotatable bonds is 3. The third kappa shape index (κ3) is 3.55. The Kier molecular flexibility index (Phi) is 4.53. The number of morpholine rings is 1. The first-order valence-electron chi connectivity index (χ1n) is 7.48. The molecule has 0 aliphatic carbocycles. The van der Waals surface area contributed by atoms with Gasteiger partial charge >= 0.3 is 0 Å². The molecule has 0 bridgehead atoms. The van der Waals surface area contributed by atoms with Gasteiger partial charge in [-0.25, -0.2) is 22.9 Å². The number of halogens is 1. The topological polar surface area (TPSA) is 85.5 Å². The van der Waals surface area contributed by atoms with E-state index in [9.17, 15) is 12.8 Å². The zero-order valence-electron chi connectivity index (χ0n) is 13.1. The SMILES string of the molecule is CC1CN(c2ncccc2S(N)(=O)=O)CC(c2ccc(F)cc2)O1. The van der Waals surface area contributed by atoms with E-state index in [0.717, 1.165) is 5.56 Å². The molecule has 8 heteroatoms. The Morgan fingerprint density at radius 1 is 1.25 bits per heavy atom. The Morgan fingerprint density at radius 3 is 2.62 bits per heavy atom. The fourth-order valence-corrected chi connectivity index (χ4v) is 3.53. The van der Waals surface area contributed by atoms with Crippen molar-refractivity contribution in [1.82, 2.24) is 4.98 Å². The van der Waals surface area contributed by atoms with Crippen LogP contribution in [0.1, 0.15) is 18.6 Å². The van der Waals surface area contributed by atoms with Crippen LogP contribution in [0.2, 0.25) is 0 Å². The van der Waals surface area contributed by atoms with Gasteiger partial charge in [-0.1, -0.05) is 12.1 Å². The Hall–Kier alpha value is -2.03. The molecule has 128 valence electrons. The number of sulfonamides is 1. The zero-order valence-corrected chi connectivity index (χ0v) is 13.9. The molecule has 1 saturated heterocycles. The molecule has 0 spiro atoms. The number of aromatic nitrogens is 1. The van der Waals surface area contributed by atoms with Gasteiger partial charge < -0.3 is 9.64 Å². The number of nitrogens with zero attached hydrogens (tertiary/aromatic N) is 2. The molecule has 24 heavy (non-hydrogen) atoms. The summed E-state index contributed by atoms with van der Waals surface area (Å²) in [5, 5.41) is 5.29. The summed E-state index contributed by atoms with van der Waals surface area (Å²) in [5.41, 5.74) is 0.820. The minimum absolute atomic E-state index is 0.0167. The average Bonchev–Trinajstić information content (AvgIpc) is 2.54. The molecule has 3 rings (SSSR count). The van der Waals surface area contributed by atoms with Crippen molar-refractivity contribution < 1.29 is 17.5 Å². The van der Waals surface area contributed by atoms with Crippen molar-refractivity contribution in [2.75, 3.05) is 18.0 Å². The summed E-state index contributed by atoms with van der Waals surface area (Å²) in [5.74, 6) is -0.0111. The minimum Gasteiger partial charge on any atom is -0.367 e. The number of hydrogen-bond acceptors (Lipinski definition) is 5. The van der Waals surface area contributed by atoms with Crippen molar-refractivity contribution in [2.24, 2.45) is 5.14 Å². The molecule has 2 N–H and O–H groups in total. The molecule has 6 nitrogen and oxygen atoms in total. The molecule has 2 unspecified atom stereocenters. The monoisotopic (exact) mass is 351 g/mol. The van der Waals surface area contributed by atoms with Gasteiger partial charge in [0.05, 0.1) is 6.10 Å². The summed E-state index contributed by atoms with van der Waals surface area (Å²) in [4.78, 5) is 6.02. The number of anilines is 1. The highest BCUT2D eigenvalue weighted by Crippen LogP contribution is 2.30. The molecule has 0 amide bonds. The van der Waals surface area contributed by atoms with Crippen molar-refractivity contribution in [1.29, 1.82) is 0 Å². The molecule has 1 aromatic heterocycles. The van der Waals surface area contributed by atoms with Crippen LogP contribution in [-0.2, 0) is 14.8 Å². The van der Waals surface area contributed by atoms with Gasteiger partial charge in [-0.15, -0.1) is 0 Å². The fourth-order valence-electron chi connectivity index (χ4n) is 2.83. The summed E-state index contributed by atoms with van der Waals surface area (Å²) in [6.45, 7) is 2.77. The summed E-state index contributed by atoms with van der Waals surface area (Å²) < 4.78 is 42.6. The highest BCUT2D eigenvalue weighted by molar-refractivity contribution is 7.89. The normalized spacial score (nSPS) is 21.7. The van der Waals surface area contributed by atoms with Gasteiger partial charge in [-0.2, -0.15) is 0 Å². The van der Waals surface area contributed by atoms with E-state index in [1.165, 1.54) is 30.5 Å². The Morgan fingerprint density at radius 2 is 1.96 bits per heavy atom. The molecule has 1 aliphatic rings. The van der Waals surface area contributed by atoms with Crippen LogP contribution in [0.3, 0.4) is 0 Å². The molecule has 0 radical (unpaired) electrons. The van der Waals surface area contributed by atoms with Crippen LogP contribution in [0.4, 0.5) is 10.2 Å². The first-order valence-corrected chi connectivity index (χ1v) is 9.03. The lowest BCUT2D eigenvalue weighted by atomic mass is 10.1. The van der Waals surface area contributed by atoms with Gasteiger partial charge in [0.25, 0.3) is 0 Å². The Bertz CT molecular complexity index is 827. The van der Waals surface area contributed by atoms with E-state index in [1.807, 2.05) is 11.8 Å². The number of pyridine rings is 1. The zero-order chi connectivity index (χ0) is 17.3. The Labute approximate surface area is 140 Å². The van der Waals surface area contributed by atoms with Crippen LogP contribution in [-0.4, -0.2) is 32.6 Å². The van der Waals surface area contributed by atoms with Crippen LogP contribution in [0, 0.1) is 5.82 Å². The molecular formula is C16H18FN3O3S. The third-order valence-electron chi connectivity index (χ3n) is 3.86. The van der Waals surface area contributed by atoms with E-state index in [2.05, 4.69) is 4.98 Å². The van der Waals surface area contributed by atoms with E-state index in [4.69, 9.17) is 9.88 Å². The van der Waals surface area contributed by atoms with Gasteiger partial charge in [0.1, 0.15) is 22.6 Å². The second kappa shape index (κ2) is 6.46. The minimum atomic E-state index is -3.88. The first kappa shape index (κ1) is 16.8. The maximum atomic E-state index is 13.1. The van der Waals surface area contributed by atoms with Gasteiger partial charge in [-0.05, 0) is 36.8 Å². The molecule has 2 atom stereocenters. The van der Waals surface area contributed by atoms with E-state index < -0.39 is 10.0 Å². The predicted molar refractivity (Wildman–Crippen MR) is 87.5 cm³/mol. The lowest BCUT2D eigenvalue weighted by Gasteiger charge is -2.38. The van der Waals surface area contributed by atoms with Crippen LogP contribution in [0.15, 0.2) is 47.5 Å². The van der Waals surface area contributed by atoms with Gasteiger partial charge in [-0.3, -0.25) is 0 Å². The van der Waals surface area contributed by atoms with E-state index >= 15 is 0 Å². The standard InChI is InChI=1S/C16H18FN3O3S/c1-11-9-20(16-15(24(18,21)22)3-2-8-19-16)10-14(23-11)12-4-6-13(17)7-5-12/h2-8,11,14H,9-10H2,1H3,(H2,18,21,22). The number of primary sulfonamides is 1. The largest absolute Gasteiger partial charge is 0.367 e. The van der Waals surface area contributed by atoms with Crippen LogP contribution >= 0.6 is 0 Å². The molecular weight excluding hydrogens is 333 g/mol. The average molecular weight is 351 g/mol. The smallest absolute Gasteiger partial charge is 0.241 e. The molecule has 0 saturated carbocycles. The van der Waals surface area contributed by atoms with Gasteiger partial charge in [0.15, 0.2) is 0 Å². The predicted octanol–water partition coefficient (Wildman–Crippen LogP) is 1.83. The number of hydrogen-bond donors (Lipinski definition) is 1. The second-order valence-corrected chi connectivity index (χ2v) is 7.29. The summed E-state index contributed by atoms with van der Waals surface area (Å²) in [6.07, 6.45) is 1.06. The fraction of sp³-hybridized carbons (Fsp3) is 0.312. The maximum absolute atomic E-state index is 13.1. The lowest BCUT2D eigenvalue weighted by Crippen LogP contribution is -2.44. The third-order valence-corrected chi connectivity index (χ3v) is 4.79. The van der Waals surface area contributed by atoms with Crippen molar-refractivity contribution in [3.8, 4) is 0 Å². The summed E-state index contributed by atoms with van der Waals surface area (Å²) >= 11 is 0. The second-order valence-electron chi connectivity index (χ2n) is 5.76. The molecule has 1 aromatic carbocycles. The summed E-state index contributed by atoms with van der Waals surface area (Å²) in [7, 11) is -3.88. The maximum Gasteiger partial charge on any atom is 0.241 e. The van der Waals surface area contributed by atoms with Gasteiger partial charge in [0, 0.05) is 19.3 Å². The Balaban J connectivity index is 1.93. The van der Waals surface area contributed by atoms with Crippen molar-refractivity contribution in [3.05, 3.63) is 54.0 Å².